The predicted octanol–water partition coefficient (Wildman–Crippen LogP) is 4.65. The zero-order valence-corrected chi connectivity index (χ0v) is 17.8. The monoisotopic (exact) mass is 432 g/mol. The molecular weight excluding hydrogens is 411 g/mol. The number of aryl methyl sites for hydroxylation is 2. The van der Waals surface area contributed by atoms with E-state index in [1.807, 2.05) is 13.8 Å². The third kappa shape index (κ3) is 4.07. The number of pyridine rings is 1. The highest BCUT2D eigenvalue weighted by Gasteiger charge is 2.20. The topological polar surface area (TPSA) is 97.1 Å². The number of rotatable bonds is 5. The van der Waals surface area contributed by atoms with E-state index < -0.39 is 5.91 Å². The molecule has 0 aliphatic heterocycles. The SMILES string of the molecule is CCNC(=O)c1ccc(C)c(NC(=O)c2cc(-c3ccc(F)cc3)nc3onc(C)c23)c1. The standard InChI is InChI=1S/C24H21FN4O3/c1-4-26-22(30)16-6-5-13(2)19(11-16)27-23(31)18-12-20(15-7-9-17(25)10-8-15)28-24-21(18)14(3)29-32-24/h5-12H,4H2,1-3H3,(H,26,30)(H,27,31). The number of fused-ring (bicyclic) bond motifs is 1. The largest absolute Gasteiger partial charge is 0.352 e. The molecule has 0 bridgehead atoms. The molecule has 162 valence electrons. The van der Waals surface area contributed by atoms with E-state index in [-0.39, 0.29) is 17.4 Å². The van der Waals surface area contributed by atoms with Gasteiger partial charge in [-0.1, -0.05) is 11.2 Å². The molecule has 0 saturated carbocycles. The lowest BCUT2D eigenvalue weighted by molar-refractivity contribution is 0.0954. The maximum Gasteiger partial charge on any atom is 0.259 e. The molecule has 0 fully saturated rings. The number of carbonyl (C=O) groups is 2. The number of halogens is 1. The van der Waals surface area contributed by atoms with Gasteiger partial charge in [0.1, 0.15) is 5.82 Å². The van der Waals surface area contributed by atoms with Crippen LogP contribution in [0.2, 0.25) is 0 Å². The molecule has 4 aromatic rings. The first kappa shape index (κ1) is 21.2. The van der Waals surface area contributed by atoms with Crippen molar-refractivity contribution in [2.45, 2.75) is 20.8 Å². The van der Waals surface area contributed by atoms with Crippen molar-refractivity contribution in [3.05, 3.63) is 76.7 Å². The molecule has 0 atom stereocenters. The van der Waals surface area contributed by atoms with Crippen molar-refractivity contribution in [1.29, 1.82) is 0 Å². The highest BCUT2D eigenvalue weighted by molar-refractivity contribution is 6.13. The van der Waals surface area contributed by atoms with Gasteiger partial charge in [0.2, 0.25) is 0 Å². The number of benzene rings is 2. The van der Waals surface area contributed by atoms with Crippen molar-refractivity contribution in [1.82, 2.24) is 15.5 Å². The van der Waals surface area contributed by atoms with Gasteiger partial charge >= 0.3 is 0 Å². The second-order valence-corrected chi connectivity index (χ2v) is 7.35. The van der Waals surface area contributed by atoms with Crippen LogP contribution >= 0.6 is 0 Å². The van der Waals surface area contributed by atoms with E-state index in [0.717, 1.165) is 5.56 Å². The Morgan fingerprint density at radius 1 is 1.03 bits per heavy atom. The summed E-state index contributed by atoms with van der Waals surface area (Å²) >= 11 is 0. The molecule has 32 heavy (non-hydrogen) atoms. The van der Waals surface area contributed by atoms with E-state index in [4.69, 9.17) is 4.52 Å². The minimum atomic E-state index is -0.400. The highest BCUT2D eigenvalue weighted by atomic mass is 19.1. The lowest BCUT2D eigenvalue weighted by atomic mass is 10.0. The molecule has 7 nitrogen and oxygen atoms in total. The van der Waals surface area contributed by atoms with E-state index in [2.05, 4.69) is 20.8 Å². The van der Waals surface area contributed by atoms with Gasteiger partial charge < -0.3 is 15.2 Å². The van der Waals surface area contributed by atoms with Crippen LogP contribution in [0.25, 0.3) is 22.4 Å². The maximum atomic E-state index is 13.3. The van der Waals surface area contributed by atoms with Crippen LogP contribution < -0.4 is 10.6 Å². The zero-order chi connectivity index (χ0) is 22.8. The van der Waals surface area contributed by atoms with Gasteiger partial charge in [-0.3, -0.25) is 9.59 Å². The number of hydrogen-bond acceptors (Lipinski definition) is 5. The van der Waals surface area contributed by atoms with Crippen LogP contribution in [0, 0.1) is 19.7 Å². The first-order chi connectivity index (χ1) is 15.4. The lowest BCUT2D eigenvalue weighted by Crippen LogP contribution is -2.23. The maximum absolute atomic E-state index is 13.3. The smallest absolute Gasteiger partial charge is 0.259 e. The van der Waals surface area contributed by atoms with E-state index in [0.29, 0.717) is 45.7 Å². The molecule has 0 unspecified atom stereocenters. The van der Waals surface area contributed by atoms with Crippen molar-refractivity contribution in [3.8, 4) is 11.3 Å². The van der Waals surface area contributed by atoms with Crippen LogP contribution in [0.1, 0.15) is 38.9 Å². The van der Waals surface area contributed by atoms with Crippen molar-refractivity contribution in [2.24, 2.45) is 0 Å². The Hall–Kier alpha value is -4.07. The Kier molecular flexibility index (Phi) is 5.68. The number of anilines is 1. The third-order valence-electron chi connectivity index (χ3n) is 5.09. The quantitative estimate of drug-likeness (QED) is 0.479. The molecule has 0 radical (unpaired) electrons. The summed E-state index contributed by atoms with van der Waals surface area (Å²) in [6.07, 6.45) is 0. The molecule has 0 aliphatic carbocycles. The average Bonchev–Trinajstić information content (AvgIpc) is 3.16. The molecule has 2 amide bonds. The van der Waals surface area contributed by atoms with Crippen molar-refractivity contribution in [3.63, 3.8) is 0 Å². The number of hydrogen-bond donors (Lipinski definition) is 2. The van der Waals surface area contributed by atoms with Gasteiger partial charge in [-0.2, -0.15) is 0 Å². The second-order valence-electron chi connectivity index (χ2n) is 7.35. The van der Waals surface area contributed by atoms with Crippen molar-refractivity contribution in [2.75, 3.05) is 11.9 Å². The first-order valence-electron chi connectivity index (χ1n) is 10.1. The highest BCUT2D eigenvalue weighted by Crippen LogP contribution is 2.28. The minimum Gasteiger partial charge on any atom is -0.352 e. The summed E-state index contributed by atoms with van der Waals surface area (Å²) in [5, 5.41) is 10.1. The van der Waals surface area contributed by atoms with Crippen LogP contribution in [-0.2, 0) is 0 Å². The van der Waals surface area contributed by atoms with Crippen molar-refractivity contribution >= 4 is 28.6 Å². The minimum absolute atomic E-state index is 0.210. The van der Waals surface area contributed by atoms with E-state index in [9.17, 15) is 14.0 Å². The fourth-order valence-corrected chi connectivity index (χ4v) is 3.39. The Morgan fingerprint density at radius 3 is 2.50 bits per heavy atom. The summed E-state index contributed by atoms with van der Waals surface area (Å²) in [5.74, 6) is -0.989. The number of nitrogens with zero attached hydrogens (tertiary/aromatic N) is 2. The average molecular weight is 432 g/mol. The molecule has 2 aromatic carbocycles. The lowest BCUT2D eigenvalue weighted by Gasteiger charge is -2.12. The van der Waals surface area contributed by atoms with Gasteiger partial charge in [-0.15, -0.1) is 0 Å². The summed E-state index contributed by atoms with van der Waals surface area (Å²) in [7, 11) is 0. The second kappa shape index (κ2) is 8.58. The molecular formula is C24H21FN4O3. The fourth-order valence-electron chi connectivity index (χ4n) is 3.39. The van der Waals surface area contributed by atoms with Gasteiger partial charge in [0.05, 0.1) is 22.3 Å². The number of nitrogens with one attached hydrogen (secondary N) is 2. The molecule has 2 N–H and O–H groups in total. The summed E-state index contributed by atoms with van der Waals surface area (Å²) in [6, 6.07) is 12.5. The van der Waals surface area contributed by atoms with Gasteiger partial charge in [-0.25, -0.2) is 9.37 Å². The predicted molar refractivity (Wildman–Crippen MR) is 119 cm³/mol. The third-order valence-corrected chi connectivity index (χ3v) is 5.09. The van der Waals surface area contributed by atoms with Crippen LogP contribution in [0.4, 0.5) is 10.1 Å². The van der Waals surface area contributed by atoms with Gasteiger partial charge in [0.25, 0.3) is 17.5 Å². The number of carbonyl (C=O) groups excluding carboxylic acids is 2. The fraction of sp³-hybridized carbons (Fsp3) is 0.167. The Bertz CT molecular complexity index is 1330. The van der Waals surface area contributed by atoms with Crippen LogP contribution in [0.15, 0.2) is 53.1 Å². The normalized spacial score (nSPS) is 10.9. The summed E-state index contributed by atoms with van der Waals surface area (Å²) in [6.45, 7) is 5.91. The van der Waals surface area contributed by atoms with Gasteiger partial charge in [-0.05, 0) is 68.8 Å². The molecule has 0 saturated heterocycles. The first-order valence-corrected chi connectivity index (χ1v) is 10.1. The zero-order valence-electron chi connectivity index (χ0n) is 17.8. The van der Waals surface area contributed by atoms with E-state index >= 15 is 0 Å². The summed E-state index contributed by atoms with van der Waals surface area (Å²) in [5.41, 5.74) is 3.89. The molecule has 0 spiro atoms. The van der Waals surface area contributed by atoms with Crippen LogP contribution in [0.3, 0.4) is 0 Å². The number of amides is 2. The molecule has 8 heteroatoms. The van der Waals surface area contributed by atoms with Crippen LogP contribution in [-0.4, -0.2) is 28.5 Å². The molecule has 4 rings (SSSR count). The Balaban J connectivity index is 1.75. The Labute approximate surface area is 183 Å². The van der Waals surface area contributed by atoms with Gasteiger partial charge in [0.15, 0.2) is 0 Å². The van der Waals surface area contributed by atoms with E-state index in [1.54, 1.807) is 43.3 Å². The molecule has 0 aliphatic rings. The Morgan fingerprint density at radius 2 is 1.78 bits per heavy atom. The molecule has 2 aromatic heterocycles. The van der Waals surface area contributed by atoms with E-state index in [1.165, 1.54) is 12.1 Å². The summed E-state index contributed by atoms with van der Waals surface area (Å²) in [4.78, 5) is 29.9. The summed E-state index contributed by atoms with van der Waals surface area (Å²) < 4.78 is 18.7. The van der Waals surface area contributed by atoms with Crippen molar-refractivity contribution < 1.29 is 18.5 Å². The molecule has 2 heterocycles. The van der Waals surface area contributed by atoms with Crippen LogP contribution in [0.5, 0.6) is 0 Å². The number of aromatic nitrogens is 2. The van der Waals surface area contributed by atoms with Gasteiger partial charge in [0, 0.05) is 23.4 Å².